The molecule has 4 rings (SSSR count). The Hall–Kier alpha value is -2.44. The molecule has 2 aromatic heterocycles. The van der Waals surface area contributed by atoms with E-state index in [0.29, 0.717) is 23.3 Å². The Labute approximate surface area is 146 Å². The number of H-pyrrole nitrogens is 1. The summed E-state index contributed by atoms with van der Waals surface area (Å²) in [6.45, 7) is 1.55. The van der Waals surface area contributed by atoms with Gasteiger partial charge in [-0.25, -0.2) is 9.97 Å². The number of pyridine rings is 1. The largest absolute Gasteiger partial charge is 0.481 e. The highest BCUT2D eigenvalue weighted by atomic mass is 16.5. The van der Waals surface area contributed by atoms with Crippen LogP contribution in [-0.2, 0) is 6.42 Å². The number of methoxy groups -OCH3 is 1. The summed E-state index contributed by atoms with van der Waals surface area (Å²) in [5.74, 6) is 3.68. The Morgan fingerprint density at radius 3 is 2.72 bits per heavy atom. The molecule has 1 aliphatic heterocycles. The smallest absolute Gasteiger partial charge is 0.255 e. The van der Waals surface area contributed by atoms with Gasteiger partial charge < -0.3 is 9.64 Å². The molecule has 0 aromatic carbocycles. The van der Waals surface area contributed by atoms with Gasteiger partial charge in [0.25, 0.3) is 5.91 Å². The zero-order valence-corrected chi connectivity index (χ0v) is 14.4. The molecule has 25 heavy (non-hydrogen) atoms. The second-order valence-corrected chi connectivity index (χ2v) is 6.94. The van der Waals surface area contributed by atoms with Crippen LogP contribution < -0.4 is 4.74 Å². The van der Waals surface area contributed by atoms with Gasteiger partial charge >= 0.3 is 0 Å². The summed E-state index contributed by atoms with van der Waals surface area (Å²) < 4.78 is 5.04. The van der Waals surface area contributed by atoms with Crippen molar-refractivity contribution in [1.29, 1.82) is 0 Å². The standard InChI is InChI=1S/C18H23N5O2/c1-25-16-5-4-14(11-19-16)18(24)23-8-6-12(7-9-23)10-15-20-17(22-21-15)13-2-3-13/h4-5,11-13H,2-3,6-10H2,1H3,(H,20,21,22). The highest BCUT2D eigenvalue weighted by molar-refractivity contribution is 5.94. The van der Waals surface area contributed by atoms with Crippen LogP contribution in [0.25, 0.3) is 0 Å². The maximum atomic E-state index is 12.6. The van der Waals surface area contributed by atoms with Gasteiger partial charge in [-0.15, -0.1) is 0 Å². The lowest BCUT2D eigenvalue weighted by Gasteiger charge is -2.31. The Bertz CT molecular complexity index is 730. The van der Waals surface area contributed by atoms with Gasteiger partial charge in [0.05, 0.1) is 12.7 Å². The number of hydrogen-bond donors (Lipinski definition) is 1. The number of ether oxygens (including phenoxy) is 1. The Balaban J connectivity index is 1.30. The average Bonchev–Trinajstić information content (AvgIpc) is 3.41. The van der Waals surface area contributed by atoms with Gasteiger partial charge in [-0.2, -0.15) is 5.10 Å². The molecular weight excluding hydrogens is 318 g/mol. The molecule has 1 aliphatic carbocycles. The molecule has 0 unspecified atom stereocenters. The zero-order chi connectivity index (χ0) is 17.2. The quantitative estimate of drug-likeness (QED) is 0.901. The van der Waals surface area contributed by atoms with E-state index in [1.807, 2.05) is 4.90 Å². The SMILES string of the molecule is COc1ccc(C(=O)N2CCC(Cc3nc(C4CC4)n[nH]3)CC2)cn1. The Morgan fingerprint density at radius 1 is 1.28 bits per heavy atom. The molecule has 1 N–H and O–H groups in total. The summed E-state index contributed by atoms with van der Waals surface area (Å²) in [6, 6.07) is 3.50. The van der Waals surface area contributed by atoms with Gasteiger partial charge in [0.1, 0.15) is 5.82 Å². The highest BCUT2D eigenvalue weighted by Gasteiger charge is 2.29. The minimum atomic E-state index is 0.0456. The fraction of sp³-hybridized carbons (Fsp3) is 0.556. The van der Waals surface area contributed by atoms with Crippen molar-refractivity contribution in [2.45, 2.75) is 38.0 Å². The molecule has 1 saturated carbocycles. The molecule has 2 aliphatic rings. The Morgan fingerprint density at radius 2 is 2.08 bits per heavy atom. The lowest BCUT2D eigenvalue weighted by molar-refractivity contribution is 0.0689. The van der Waals surface area contributed by atoms with Crippen LogP contribution in [0.2, 0.25) is 0 Å². The maximum absolute atomic E-state index is 12.6. The summed E-state index contributed by atoms with van der Waals surface area (Å²) >= 11 is 0. The average molecular weight is 341 g/mol. The number of nitrogens with one attached hydrogen (secondary N) is 1. The van der Waals surface area contributed by atoms with E-state index in [0.717, 1.165) is 44.0 Å². The first-order valence-electron chi connectivity index (χ1n) is 8.93. The zero-order valence-electron chi connectivity index (χ0n) is 14.4. The molecule has 0 atom stereocenters. The molecule has 0 bridgehead atoms. The van der Waals surface area contributed by atoms with Crippen LogP contribution in [0.4, 0.5) is 0 Å². The molecular formula is C18H23N5O2. The maximum Gasteiger partial charge on any atom is 0.255 e. The topological polar surface area (TPSA) is 84.0 Å². The molecule has 132 valence electrons. The third-order valence-electron chi connectivity index (χ3n) is 5.07. The van der Waals surface area contributed by atoms with Crippen molar-refractivity contribution in [3.8, 4) is 5.88 Å². The lowest BCUT2D eigenvalue weighted by atomic mass is 9.93. The third kappa shape index (κ3) is 3.65. The van der Waals surface area contributed by atoms with Gasteiger partial charge in [0.15, 0.2) is 5.82 Å². The van der Waals surface area contributed by atoms with Crippen molar-refractivity contribution >= 4 is 5.91 Å². The normalized spacial score (nSPS) is 18.4. The molecule has 7 nitrogen and oxygen atoms in total. The number of carbonyl (C=O) groups excluding carboxylic acids is 1. The molecule has 1 saturated heterocycles. The van der Waals surface area contributed by atoms with E-state index in [2.05, 4.69) is 20.2 Å². The van der Waals surface area contributed by atoms with Crippen LogP contribution in [-0.4, -0.2) is 51.2 Å². The molecule has 3 heterocycles. The molecule has 2 aromatic rings. The van der Waals surface area contributed by atoms with Crippen molar-refractivity contribution in [3.05, 3.63) is 35.5 Å². The first-order valence-corrected chi connectivity index (χ1v) is 8.93. The number of amides is 1. The third-order valence-corrected chi connectivity index (χ3v) is 5.07. The lowest BCUT2D eigenvalue weighted by Crippen LogP contribution is -2.39. The minimum absolute atomic E-state index is 0.0456. The van der Waals surface area contributed by atoms with Crippen LogP contribution in [0.5, 0.6) is 5.88 Å². The van der Waals surface area contributed by atoms with Crippen molar-refractivity contribution in [3.63, 3.8) is 0 Å². The predicted octanol–water partition coefficient (Wildman–Crippen LogP) is 2.18. The van der Waals surface area contributed by atoms with E-state index in [4.69, 9.17) is 4.74 Å². The van der Waals surface area contributed by atoms with Gasteiger partial charge in [-0.05, 0) is 37.7 Å². The molecule has 1 amide bonds. The van der Waals surface area contributed by atoms with Gasteiger partial charge in [0, 0.05) is 37.7 Å². The predicted molar refractivity (Wildman–Crippen MR) is 91.5 cm³/mol. The van der Waals surface area contributed by atoms with E-state index in [9.17, 15) is 4.79 Å². The molecule has 0 spiro atoms. The number of nitrogens with zero attached hydrogens (tertiary/aromatic N) is 4. The van der Waals surface area contributed by atoms with Crippen LogP contribution in [0.1, 0.15) is 53.6 Å². The molecule has 0 radical (unpaired) electrons. The van der Waals surface area contributed by atoms with Crippen molar-refractivity contribution < 1.29 is 9.53 Å². The minimum Gasteiger partial charge on any atom is -0.481 e. The van der Waals surface area contributed by atoms with E-state index < -0.39 is 0 Å². The second-order valence-electron chi connectivity index (χ2n) is 6.94. The van der Waals surface area contributed by atoms with Gasteiger partial charge in [-0.3, -0.25) is 9.89 Å². The van der Waals surface area contributed by atoms with E-state index in [1.54, 1.807) is 25.4 Å². The number of hydrogen-bond acceptors (Lipinski definition) is 5. The summed E-state index contributed by atoms with van der Waals surface area (Å²) in [5.41, 5.74) is 0.614. The molecule has 7 heteroatoms. The summed E-state index contributed by atoms with van der Waals surface area (Å²) in [7, 11) is 1.57. The monoisotopic (exact) mass is 341 g/mol. The fourth-order valence-electron chi connectivity index (χ4n) is 3.35. The van der Waals surface area contributed by atoms with Crippen LogP contribution in [0, 0.1) is 5.92 Å². The second kappa shape index (κ2) is 6.82. The van der Waals surface area contributed by atoms with Crippen LogP contribution in [0.3, 0.4) is 0 Å². The number of rotatable bonds is 5. The summed E-state index contributed by atoms with van der Waals surface area (Å²) in [4.78, 5) is 23.2. The van der Waals surface area contributed by atoms with E-state index >= 15 is 0 Å². The number of likely N-dealkylation sites (tertiary alicyclic amines) is 1. The highest BCUT2D eigenvalue weighted by Crippen LogP contribution is 2.38. The summed E-state index contributed by atoms with van der Waals surface area (Å²) in [6.07, 6.45) is 6.94. The first kappa shape index (κ1) is 16.1. The van der Waals surface area contributed by atoms with Crippen molar-refractivity contribution in [1.82, 2.24) is 25.1 Å². The van der Waals surface area contributed by atoms with Gasteiger partial charge in [-0.1, -0.05) is 0 Å². The summed E-state index contributed by atoms with van der Waals surface area (Å²) in [5, 5.41) is 7.41. The number of piperidine rings is 1. The van der Waals surface area contributed by atoms with Crippen molar-refractivity contribution in [2.24, 2.45) is 5.92 Å². The van der Waals surface area contributed by atoms with E-state index in [-0.39, 0.29) is 5.91 Å². The first-order chi connectivity index (χ1) is 12.2. The van der Waals surface area contributed by atoms with Crippen LogP contribution in [0.15, 0.2) is 18.3 Å². The van der Waals surface area contributed by atoms with E-state index in [1.165, 1.54) is 12.8 Å². The van der Waals surface area contributed by atoms with Gasteiger partial charge in [0.2, 0.25) is 5.88 Å². The number of carbonyl (C=O) groups is 1. The van der Waals surface area contributed by atoms with Crippen molar-refractivity contribution in [2.75, 3.05) is 20.2 Å². The fourth-order valence-corrected chi connectivity index (χ4v) is 3.35. The Kier molecular flexibility index (Phi) is 4.38. The van der Waals surface area contributed by atoms with Crippen LogP contribution >= 0.6 is 0 Å². The molecule has 2 fully saturated rings. The number of aromatic amines is 1. The number of aromatic nitrogens is 4.